The summed E-state index contributed by atoms with van der Waals surface area (Å²) in [5.74, 6) is 6.96. The second kappa shape index (κ2) is 8.16. The Morgan fingerprint density at radius 3 is 2.60 bits per heavy atom. The van der Waals surface area contributed by atoms with Gasteiger partial charge in [0.1, 0.15) is 0 Å². The Bertz CT molecular complexity index is 563. The number of rotatable bonds is 6. The predicted molar refractivity (Wildman–Crippen MR) is 80.0 cm³/mol. The van der Waals surface area contributed by atoms with Crippen molar-refractivity contribution in [3.8, 4) is 23.3 Å². The predicted octanol–water partition coefficient (Wildman–Crippen LogP) is 4.45. The van der Waals surface area contributed by atoms with Gasteiger partial charge in [-0.3, -0.25) is 0 Å². The van der Waals surface area contributed by atoms with E-state index >= 15 is 0 Å². The second-order valence-electron chi connectivity index (χ2n) is 4.74. The molecule has 3 nitrogen and oxygen atoms in total. The molecule has 20 heavy (non-hydrogen) atoms. The van der Waals surface area contributed by atoms with Crippen molar-refractivity contribution in [2.24, 2.45) is 0 Å². The number of hydrogen-bond donors (Lipinski definition) is 0. The van der Waals surface area contributed by atoms with E-state index in [0.717, 1.165) is 18.4 Å². The molecule has 0 atom stereocenters. The Morgan fingerprint density at radius 1 is 1.00 bits per heavy atom. The Kier molecular flexibility index (Phi) is 5.85. The first-order valence-corrected chi connectivity index (χ1v) is 7.28. The molecule has 104 valence electrons. The van der Waals surface area contributed by atoms with Gasteiger partial charge in [0.25, 0.3) is 5.89 Å². The topological polar surface area (TPSA) is 38.9 Å². The summed E-state index contributed by atoms with van der Waals surface area (Å²) in [6.07, 6.45) is 7.19. The van der Waals surface area contributed by atoms with E-state index < -0.39 is 0 Å². The first-order chi connectivity index (χ1) is 9.90. The SMILES string of the molecule is CCCCCCCC#Cc1nnc(-c2ccccc2)o1. The summed E-state index contributed by atoms with van der Waals surface area (Å²) in [5.41, 5.74) is 0.924. The van der Waals surface area contributed by atoms with E-state index in [-0.39, 0.29) is 0 Å². The van der Waals surface area contributed by atoms with Crippen molar-refractivity contribution < 1.29 is 4.42 Å². The first-order valence-electron chi connectivity index (χ1n) is 7.28. The highest BCUT2D eigenvalue weighted by atomic mass is 16.4. The summed E-state index contributed by atoms with van der Waals surface area (Å²) >= 11 is 0. The van der Waals surface area contributed by atoms with Crippen molar-refractivity contribution in [3.63, 3.8) is 0 Å². The van der Waals surface area contributed by atoms with Gasteiger partial charge in [-0.25, -0.2) is 0 Å². The molecule has 1 aromatic heterocycles. The summed E-state index contributed by atoms with van der Waals surface area (Å²) < 4.78 is 5.52. The lowest BCUT2D eigenvalue weighted by Gasteiger charge is -1.94. The standard InChI is InChI=1S/C17H20N2O/c1-2-3-4-5-6-7-11-14-16-18-19-17(20-16)15-12-9-8-10-13-15/h8-10,12-13H,2-7H2,1H3. The molecule has 0 spiro atoms. The summed E-state index contributed by atoms with van der Waals surface area (Å²) in [7, 11) is 0. The fourth-order valence-corrected chi connectivity index (χ4v) is 1.93. The molecule has 0 radical (unpaired) electrons. The largest absolute Gasteiger partial charge is 0.410 e. The van der Waals surface area contributed by atoms with Crippen LogP contribution in [-0.4, -0.2) is 10.2 Å². The smallest absolute Gasteiger partial charge is 0.294 e. The van der Waals surface area contributed by atoms with Gasteiger partial charge in [-0.05, 0) is 24.5 Å². The van der Waals surface area contributed by atoms with Gasteiger partial charge in [0, 0.05) is 12.0 Å². The molecule has 0 N–H and O–H groups in total. The molecular weight excluding hydrogens is 248 g/mol. The van der Waals surface area contributed by atoms with Crippen LogP contribution in [0.3, 0.4) is 0 Å². The van der Waals surface area contributed by atoms with E-state index in [1.165, 1.54) is 25.7 Å². The lowest BCUT2D eigenvalue weighted by atomic mass is 10.1. The van der Waals surface area contributed by atoms with E-state index in [1.54, 1.807) is 0 Å². The molecule has 0 aliphatic carbocycles. The van der Waals surface area contributed by atoms with Crippen molar-refractivity contribution >= 4 is 0 Å². The molecule has 0 saturated heterocycles. The zero-order valence-electron chi connectivity index (χ0n) is 11.9. The molecule has 2 rings (SSSR count). The third-order valence-corrected chi connectivity index (χ3v) is 3.05. The third-order valence-electron chi connectivity index (χ3n) is 3.05. The summed E-state index contributed by atoms with van der Waals surface area (Å²) in [6.45, 7) is 2.22. The van der Waals surface area contributed by atoms with Crippen molar-refractivity contribution in [1.82, 2.24) is 10.2 Å². The monoisotopic (exact) mass is 268 g/mol. The summed E-state index contributed by atoms with van der Waals surface area (Å²) in [4.78, 5) is 0. The molecular formula is C17H20N2O. The van der Waals surface area contributed by atoms with Crippen LogP contribution in [0.15, 0.2) is 34.7 Å². The Balaban J connectivity index is 1.82. The van der Waals surface area contributed by atoms with Gasteiger partial charge in [0.15, 0.2) is 0 Å². The minimum absolute atomic E-state index is 0.400. The Morgan fingerprint density at radius 2 is 1.80 bits per heavy atom. The van der Waals surface area contributed by atoms with Gasteiger partial charge in [0.2, 0.25) is 5.89 Å². The highest BCUT2D eigenvalue weighted by Crippen LogP contribution is 2.16. The highest BCUT2D eigenvalue weighted by molar-refractivity contribution is 5.52. The molecule has 0 saturated carbocycles. The van der Waals surface area contributed by atoms with E-state index in [1.807, 2.05) is 30.3 Å². The van der Waals surface area contributed by atoms with Crippen molar-refractivity contribution in [3.05, 3.63) is 36.2 Å². The van der Waals surface area contributed by atoms with E-state index in [9.17, 15) is 0 Å². The lowest BCUT2D eigenvalue weighted by Crippen LogP contribution is -1.77. The van der Waals surface area contributed by atoms with Crippen LogP contribution in [0.25, 0.3) is 11.5 Å². The minimum Gasteiger partial charge on any atom is -0.410 e. The van der Waals surface area contributed by atoms with Gasteiger partial charge in [-0.1, -0.05) is 61.8 Å². The van der Waals surface area contributed by atoms with Crippen molar-refractivity contribution in [2.45, 2.75) is 45.4 Å². The highest BCUT2D eigenvalue weighted by Gasteiger charge is 2.05. The van der Waals surface area contributed by atoms with Crippen LogP contribution in [-0.2, 0) is 0 Å². The molecule has 0 unspecified atom stereocenters. The normalized spacial score (nSPS) is 10.1. The molecule has 0 fully saturated rings. The molecule has 3 heteroatoms. The molecule has 0 bridgehead atoms. The maximum Gasteiger partial charge on any atom is 0.294 e. The average molecular weight is 268 g/mol. The average Bonchev–Trinajstić information content (AvgIpc) is 2.96. The Labute approximate surface area is 120 Å². The van der Waals surface area contributed by atoms with E-state index in [2.05, 4.69) is 29.0 Å². The van der Waals surface area contributed by atoms with Gasteiger partial charge in [-0.2, -0.15) is 0 Å². The van der Waals surface area contributed by atoms with Crippen LogP contribution in [0.4, 0.5) is 0 Å². The molecule has 2 aromatic rings. The van der Waals surface area contributed by atoms with Crippen LogP contribution in [0, 0.1) is 11.8 Å². The zero-order chi connectivity index (χ0) is 14.0. The van der Waals surface area contributed by atoms with Gasteiger partial charge in [0.05, 0.1) is 0 Å². The van der Waals surface area contributed by atoms with Gasteiger partial charge >= 0.3 is 0 Å². The fraction of sp³-hybridized carbons (Fsp3) is 0.412. The number of unbranched alkanes of at least 4 members (excludes halogenated alkanes) is 5. The minimum atomic E-state index is 0.400. The first kappa shape index (κ1) is 14.3. The molecule has 0 aliphatic rings. The zero-order valence-corrected chi connectivity index (χ0v) is 11.9. The van der Waals surface area contributed by atoms with Crippen LogP contribution < -0.4 is 0 Å². The van der Waals surface area contributed by atoms with Crippen LogP contribution in [0.2, 0.25) is 0 Å². The van der Waals surface area contributed by atoms with Crippen LogP contribution in [0.1, 0.15) is 51.3 Å². The fourth-order valence-electron chi connectivity index (χ4n) is 1.93. The van der Waals surface area contributed by atoms with Crippen molar-refractivity contribution in [1.29, 1.82) is 0 Å². The quantitative estimate of drug-likeness (QED) is 0.574. The number of aromatic nitrogens is 2. The lowest BCUT2D eigenvalue weighted by molar-refractivity contribution is 0.554. The summed E-state index contributed by atoms with van der Waals surface area (Å²) in [5, 5.41) is 7.96. The van der Waals surface area contributed by atoms with E-state index in [0.29, 0.717) is 11.8 Å². The molecule has 1 aromatic carbocycles. The van der Waals surface area contributed by atoms with Crippen LogP contribution >= 0.6 is 0 Å². The van der Waals surface area contributed by atoms with Crippen LogP contribution in [0.5, 0.6) is 0 Å². The molecule has 0 amide bonds. The maximum atomic E-state index is 5.52. The maximum absolute atomic E-state index is 5.52. The Hall–Kier alpha value is -2.08. The van der Waals surface area contributed by atoms with Gasteiger partial charge < -0.3 is 4.42 Å². The number of hydrogen-bond acceptors (Lipinski definition) is 3. The molecule has 0 aliphatic heterocycles. The van der Waals surface area contributed by atoms with Crippen molar-refractivity contribution in [2.75, 3.05) is 0 Å². The number of nitrogens with zero attached hydrogens (tertiary/aromatic N) is 2. The summed E-state index contributed by atoms with van der Waals surface area (Å²) in [6, 6.07) is 9.73. The second-order valence-corrected chi connectivity index (χ2v) is 4.74. The third kappa shape index (κ3) is 4.55. The van der Waals surface area contributed by atoms with Gasteiger partial charge in [-0.15, -0.1) is 5.10 Å². The van der Waals surface area contributed by atoms with E-state index in [4.69, 9.17) is 4.42 Å². The molecule has 1 heterocycles. The number of benzene rings is 1.